The molecule has 2 N–H and O–H groups in total. The smallest absolute Gasteiger partial charge is 0.191 e. The number of aliphatic imine (C=N–C) groups is 1. The van der Waals surface area contributed by atoms with Crippen LogP contribution in [0, 0.1) is 0 Å². The first kappa shape index (κ1) is 20.9. The third-order valence-electron chi connectivity index (χ3n) is 4.73. The van der Waals surface area contributed by atoms with Crippen LogP contribution in [0.25, 0.3) is 0 Å². The molecule has 29 heavy (non-hydrogen) atoms. The standard InChI is InChI=1S/C20H30N6O3/c1-5-29-16-8-6-14(10-17(16)28-4)11-22-20(21-2)23-15-7-9-19-24-18(13-27-3)25-26(19)12-15/h6,8,10,15H,5,7,9,11-13H2,1-4H3,(H2,21,22,23). The van der Waals surface area contributed by atoms with Gasteiger partial charge < -0.3 is 24.8 Å². The molecule has 0 saturated carbocycles. The first-order valence-electron chi connectivity index (χ1n) is 9.85. The number of fused-ring (bicyclic) bond motifs is 1. The zero-order valence-corrected chi connectivity index (χ0v) is 17.6. The lowest BCUT2D eigenvalue weighted by Gasteiger charge is -2.25. The second-order valence-corrected chi connectivity index (χ2v) is 6.78. The highest BCUT2D eigenvalue weighted by Gasteiger charge is 2.22. The van der Waals surface area contributed by atoms with E-state index in [1.807, 2.05) is 29.8 Å². The summed E-state index contributed by atoms with van der Waals surface area (Å²) < 4.78 is 18.1. The Morgan fingerprint density at radius 2 is 2.17 bits per heavy atom. The molecule has 0 saturated heterocycles. The average molecular weight is 402 g/mol. The fourth-order valence-electron chi connectivity index (χ4n) is 3.34. The van der Waals surface area contributed by atoms with Gasteiger partial charge in [-0.2, -0.15) is 5.10 Å². The average Bonchev–Trinajstić information content (AvgIpc) is 3.14. The molecule has 0 amide bonds. The van der Waals surface area contributed by atoms with Gasteiger partial charge in [-0.1, -0.05) is 6.07 Å². The molecule has 2 aromatic rings. The van der Waals surface area contributed by atoms with Crippen molar-refractivity contribution in [3.8, 4) is 11.5 Å². The maximum atomic E-state index is 5.57. The molecule has 1 aliphatic rings. The van der Waals surface area contributed by atoms with E-state index in [1.54, 1.807) is 21.3 Å². The number of methoxy groups -OCH3 is 2. The largest absolute Gasteiger partial charge is 0.493 e. The van der Waals surface area contributed by atoms with E-state index in [1.165, 1.54) is 0 Å². The van der Waals surface area contributed by atoms with Crippen LogP contribution in [-0.4, -0.2) is 54.6 Å². The van der Waals surface area contributed by atoms with Crippen LogP contribution in [0.3, 0.4) is 0 Å². The van der Waals surface area contributed by atoms with E-state index < -0.39 is 0 Å². The maximum absolute atomic E-state index is 5.57. The lowest BCUT2D eigenvalue weighted by molar-refractivity contribution is 0.177. The third kappa shape index (κ3) is 5.38. The molecule has 0 radical (unpaired) electrons. The molecular formula is C20H30N6O3. The first-order valence-corrected chi connectivity index (χ1v) is 9.85. The summed E-state index contributed by atoms with van der Waals surface area (Å²) in [5.41, 5.74) is 1.08. The molecule has 0 aliphatic carbocycles. The Balaban J connectivity index is 1.56. The van der Waals surface area contributed by atoms with Gasteiger partial charge in [0.05, 0.1) is 20.3 Å². The van der Waals surface area contributed by atoms with Gasteiger partial charge in [0.1, 0.15) is 12.4 Å². The summed E-state index contributed by atoms with van der Waals surface area (Å²) in [6, 6.07) is 6.17. The molecule has 1 aliphatic heterocycles. The molecule has 0 spiro atoms. The SMILES string of the molecule is CCOc1ccc(CNC(=NC)NC2CCc3nc(COC)nn3C2)cc1OC. The van der Waals surface area contributed by atoms with Crippen molar-refractivity contribution in [3.05, 3.63) is 35.4 Å². The van der Waals surface area contributed by atoms with E-state index in [-0.39, 0.29) is 6.04 Å². The van der Waals surface area contributed by atoms with E-state index in [4.69, 9.17) is 14.2 Å². The minimum Gasteiger partial charge on any atom is -0.493 e. The predicted molar refractivity (Wildman–Crippen MR) is 110 cm³/mol. The van der Waals surface area contributed by atoms with Crippen molar-refractivity contribution in [2.75, 3.05) is 27.9 Å². The van der Waals surface area contributed by atoms with Crippen molar-refractivity contribution in [2.24, 2.45) is 4.99 Å². The van der Waals surface area contributed by atoms with Gasteiger partial charge in [-0.25, -0.2) is 9.67 Å². The fraction of sp³-hybridized carbons (Fsp3) is 0.550. The van der Waals surface area contributed by atoms with Crippen LogP contribution < -0.4 is 20.1 Å². The Morgan fingerprint density at radius 3 is 2.90 bits per heavy atom. The summed E-state index contributed by atoms with van der Waals surface area (Å²) in [5, 5.41) is 11.4. The van der Waals surface area contributed by atoms with E-state index in [2.05, 4.69) is 25.7 Å². The van der Waals surface area contributed by atoms with Crippen molar-refractivity contribution in [3.63, 3.8) is 0 Å². The number of nitrogens with one attached hydrogen (secondary N) is 2. The number of benzene rings is 1. The monoisotopic (exact) mass is 402 g/mol. The van der Waals surface area contributed by atoms with Gasteiger partial charge in [0.2, 0.25) is 0 Å². The summed E-state index contributed by atoms with van der Waals surface area (Å²) >= 11 is 0. The molecule has 158 valence electrons. The molecule has 1 unspecified atom stereocenters. The summed E-state index contributed by atoms with van der Waals surface area (Å²) in [7, 11) is 5.07. The molecule has 9 nitrogen and oxygen atoms in total. The van der Waals surface area contributed by atoms with Crippen LogP contribution in [0.15, 0.2) is 23.2 Å². The van der Waals surface area contributed by atoms with Gasteiger partial charge in [-0.05, 0) is 31.0 Å². The minimum absolute atomic E-state index is 0.237. The van der Waals surface area contributed by atoms with Gasteiger partial charge in [0.25, 0.3) is 0 Å². The normalized spacial score (nSPS) is 16.3. The van der Waals surface area contributed by atoms with Gasteiger partial charge in [-0.3, -0.25) is 4.99 Å². The van der Waals surface area contributed by atoms with E-state index in [0.717, 1.165) is 54.1 Å². The second-order valence-electron chi connectivity index (χ2n) is 6.78. The number of guanidine groups is 1. The number of hydrogen-bond donors (Lipinski definition) is 2. The highest BCUT2D eigenvalue weighted by Crippen LogP contribution is 2.27. The second kappa shape index (κ2) is 10.1. The van der Waals surface area contributed by atoms with Crippen LogP contribution in [0.1, 0.15) is 30.6 Å². The molecule has 1 aromatic heterocycles. The van der Waals surface area contributed by atoms with Gasteiger partial charge in [0.15, 0.2) is 23.3 Å². The van der Waals surface area contributed by atoms with Gasteiger partial charge in [0, 0.05) is 33.2 Å². The molecule has 1 atom stereocenters. The highest BCUT2D eigenvalue weighted by atomic mass is 16.5. The van der Waals surface area contributed by atoms with Gasteiger partial charge in [-0.15, -0.1) is 0 Å². The summed E-state index contributed by atoms with van der Waals surface area (Å²) in [6.45, 7) is 4.38. The molecule has 3 rings (SSSR count). The van der Waals surface area contributed by atoms with Crippen LogP contribution >= 0.6 is 0 Å². The number of rotatable bonds is 8. The Bertz CT molecular complexity index is 836. The molecular weight excluding hydrogens is 372 g/mol. The molecule has 9 heteroatoms. The molecule has 1 aromatic carbocycles. The number of nitrogens with zero attached hydrogens (tertiary/aromatic N) is 4. The highest BCUT2D eigenvalue weighted by molar-refractivity contribution is 5.80. The Kier molecular flexibility index (Phi) is 7.29. The van der Waals surface area contributed by atoms with Crippen LogP contribution in [-0.2, 0) is 30.9 Å². The summed E-state index contributed by atoms with van der Waals surface area (Å²) in [6.07, 6.45) is 1.85. The van der Waals surface area contributed by atoms with Crippen molar-refractivity contribution in [2.45, 2.75) is 45.5 Å². The predicted octanol–water partition coefficient (Wildman–Crippen LogP) is 1.51. The number of ether oxygens (including phenoxy) is 3. The summed E-state index contributed by atoms with van der Waals surface area (Å²) in [5.74, 6) is 3.98. The lowest BCUT2D eigenvalue weighted by atomic mass is 10.1. The molecule has 2 heterocycles. The Labute approximate surface area is 171 Å². The van der Waals surface area contributed by atoms with Crippen molar-refractivity contribution in [1.29, 1.82) is 0 Å². The lowest BCUT2D eigenvalue weighted by Crippen LogP contribution is -2.46. The van der Waals surface area contributed by atoms with E-state index in [0.29, 0.717) is 19.8 Å². The zero-order chi connectivity index (χ0) is 20.6. The zero-order valence-electron chi connectivity index (χ0n) is 17.6. The number of aromatic nitrogens is 3. The number of hydrogen-bond acceptors (Lipinski definition) is 6. The molecule has 0 bridgehead atoms. The summed E-state index contributed by atoms with van der Waals surface area (Å²) in [4.78, 5) is 8.87. The fourth-order valence-corrected chi connectivity index (χ4v) is 3.34. The van der Waals surface area contributed by atoms with Crippen LogP contribution in [0.4, 0.5) is 0 Å². The minimum atomic E-state index is 0.237. The third-order valence-corrected chi connectivity index (χ3v) is 4.73. The van der Waals surface area contributed by atoms with Crippen molar-refractivity contribution in [1.82, 2.24) is 25.4 Å². The van der Waals surface area contributed by atoms with Crippen molar-refractivity contribution < 1.29 is 14.2 Å². The van der Waals surface area contributed by atoms with E-state index in [9.17, 15) is 0 Å². The van der Waals surface area contributed by atoms with Crippen LogP contribution in [0.2, 0.25) is 0 Å². The molecule has 0 fully saturated rings. The van der Waals surface area contributed by atoms with Crippen molar-refractivity contribution >= 4 is 5.96 Å². The number of aryl methyl sites for hydroxylation is 1. The van der Waals surface area contributed by atoms with Gasteiger partial charge >= 0.3 is 0 Å². The van der Waals surface area contributed by atoms with E-state index >= 15 is 0 Å². The first-order chi connectivity index (χ1) is 14.2. The Morgan fingerprint density at radius 1 is 1.31 bits per heavy atom. The Hall–Kier alpha value is -2.81. The van der Waals surface area contributed by atoms with Crippen LogP contribution in [0.5, 0.6) is 11.5 Å². The topological polar surface area (TPSA) is 94.8 Å². The maximum Gasteiger partial charge on any atom is 0.191 e. The quantitative estimate of drug-likeness (QED) is 0.510.